The number of hydrogen-bond donors (Lipinski definition) is 2. The smallest absolute Gasteiger partial charge is 0.227 e. The monoisotopic (exact) mass is 426 g/mol. The van der Waals surface area contributed by atoms with Crippen molar-refractivity contribution in [2.24, 2.45) is 0 Å². The molecular formula is C23H27ClN4O2. The average Bonchev–Trinajstić information content (AvgIpc) is 3.39. The number of amides is 1. The first-order chi connectivity index (χ1) is 14.1. The van der Waals surface area contributed by atoms with Crippen LogP contribution in [-0.2, 0) is 30.8 Å². The highest BCUT2D eigenvalue weighted by molar-refractivity contribution is 5.85. The van der Waals surface area contributed by atoms with E-state index in [0.717, 1.165) is 24.2 Å². The van der Waals surface area contributed by atoms with Gasteiger partial charge in [-0.2, -0.15) is 4.98 Å². The van der Waals surface area contributed by atoms with Crippen molar-refractivity contribution in [1.82, 2.24) is 20.8 Å². The molecule has 158 valence electrons. The van der Waals surface area contributed by atoms with Crippen molar-refractivity contribution >= 4 is 18.3 Å². The van der Waals surface area contributed by atoms with Crippen molar-refractivity contribution in [2.45, 2.75) is 52.2 Å². The molecule has 0 unspecified atom stereocenters. The first kappa shape index (κ1) is 22.0. The minimum absolute atomic E-state index is 0. The molecule has 30 heavy (non-hydrogen) atoms. The van der Waals surface area contributed by atoms with E-state index < -0.39 is 0 Å². The van der Waals surface area contributed by atoms with Crippen molar-refractivity contribution in [3.8, 4) is 11.4 Å². The summed E-state index contributed by atoms with van der Waals surface area (Å²) in [6, 6.07) is 14.5. The van der Waals surface area contributed by atoms with Crippen LogP contribution in [0.4, 0.5) is 0 Å². The number of benzene rings is 2. The number of halogens is 1. The second-order valence-corrected chi connectivity index (χ2v) is 7.77. The van der Waals surface area contributed by atoms with Gasteiger partial charge in [-0.15, -0.1) is 12.4 Å². The van der Waals surface area contributed by atoms with E-state index in [9.17, 15) is 4.79 Å². The van der Waals surface area contributed by atoms with E-state index in [-0.39, 0.29) is 18.3 Å². The summed E-state index contributed by atoms with van der Waals surface area (Å²) < 4.78 is 5.31. The van der Waals surface area contributed by atoms with Gasteiger partial charge in [0.1, 0.15) is 0 Å². The predicted molar refractivity (Wildman–Crippen MR) is 118 cm³/mol. The Morgan fingerprint density at radius 3 is 2.67 bits per heavy atom. The number of carbonyl (C=O) groups excluding carboxylic acids is 1. The first-order valence-corrected chi connectivity index (χ1v) is 10.1. The molecule has 2 aromatic carbocycles. The van der Waals surface area contributed by atoms with Gasteiger partial charge in [0.15, 0.2) is 0 Å². The number of carbonyl (C=O) groups is 1. The number of nitrogens with one attached hydrogen (secondary N) is 2. The van der Waals surface area contributed by atoms with Gasteiger partial charge in [0.05, 0.1) is 0 Å². The Balaban J connectivity index is 0.00000256. The van der Waals surface area contributed by atoms with Gasteiger partial charge in [-0.3, -0.25) is 4.79 Å². The molecule has 0 saturated heterocycles. The van der Waals surface area contributed by atoms with Gasteiger partial charge < -0.3 is 15.2 Å². The number of aromatic nitrogens is 2. The Bertz CT molecular complexity index is 999. The third-order valence-electron chi connectivity index (χ3n) is 5.26. The first-order valence-electron chi connectivity index (χ1n) is 10.1. The topological polar surface area (TPSA) is 80.0 Å². The van der Waals surface area contributed by atoms with Crippen LogP contribution in [-0.4, -0.2) is 16.0 Å². The molecule has 0 atom stereocenters. The van der Waals surface area contributed by atoms with Crippen molar-refractivity contribution in [2.75, 3.05) is 0 Å². The van der Waals surface area contributed by atoms with E-state index in [1.165, 1.54) is 16.7 Å². The molecule has 3 aromatic rings. The highest BCUT2D eigenvalue weighted by Gasteiger charge is 2.13. The van der Waals surface area contributed by atoms with Gasteiger partial charge in [-0.1, -0.05) is 61.5 Å². The molecule has 6 nitrogen and oxygen atoms in total. The molecule has 1 aliphatic rings. The van der Waals surface area contributed by atoms with E-state index in [0.29, 0.717) is 37.0 Å². The van der Waals surface area contributed by atoms with Gasteiger partial charge >= 0.3 is 0 Å². The fraction of sp³-hybridized carbons (Fsp3) is 0.348. The van der Waals surface area contributed by atoms with Gasteiger partial charge in [0.25, 0.3) is 0 Å². The highest BCUT2D eigenvalue weighted by atomic mass is 35.5. The molecule has 0 radical (unpaired) electrons. The molecular weight excluding hydrogens is 400 g/mol. The van der Waals surface area contributed by atoms with E-state index in [2.05, 4.69) is 65.0 Å². The second-order valence-electron chi connectivity index (χ2n) is 7.77. The molecule has 1 amide bonds. The summed E-state index contributed by atoms with van der Waals surface area (Å²) in [4.78, 5) is 16.6. The summed E-state index contributed by atoms with van der Waals surface area (Å²) in [7, 11) is 0. The maximum atomic E-state index is 12.2. The van der Waals surface area contributed by atoms with Crippen LogP contribution >= 0.6 is 12.4 Å². The van der Waals surface area contributed by atoms with Crippen molar-refractivity contribution in [1.29, 1.82) is 0 Å². The van der Waals surface area contributed by atoms with Crippen LogP contribution in [0.5, 0.6) is 0 Å². The lowest BCUT2D eigenvalue weighted by Crippen LogP contribution is -2.23. The Hall–Kier alpha value is -2.70. The molecule has 0 aliphatic carbocycles. The van der Waals surface area contributed by atoms with Crippen LogP contribution in [0.1, 0.15) is 54.3 Å². The van der Waals surface area contributed by atoms with Crippen molar-refractivity contribution in [3.05, 3.63) is 70.6 Å². The highest BCUT2D eigenvalue weighted by Crippen LogP contribution is 2.21. The standard InChI is InChI=1S/C23H26N4O2.ClH/c1-15(2)17-5-7-18(8-6-17)23-26-22(29-27-23)10-9-21(28)25-12-16-3-4-19-13-24-14-20(19)11-16;/h3-8,11,15,24H,9-10,12-14H2,1-2H3,(H,25,28);1H. The molecule has 2 N–H and O–H groups in total. The lowest BCUT2D eigenvalue weighted by molar-refractivity contribution is -0.121. The van der Waals surface area contributed by atoms with Crippen LogP contribution in [0, 0.1) is 0 Å². The number of hydrogen-bond acceptors (Lipinski definition) is 5. The summed E-state index contributed by atoms with van der Waals surface area (Å²) in [5.41, 5.74) is 5.96. The number of rotatable bonds is 7. The number of fused-ring (bicyclic) bond motifs is 1. The van der Waals surface area contributed by atoms with Crippen LogP contribution in [0.25, 0.3) is 11.4 Å². The van der Waals surface area contributed by atoms with E-state index in [1.807, 2.05) is 12.1 Å². The molecule has 1 aromatic heterocycles. The Morgan fingerprint density at radius 1 is 1.13 bits per heavy atom. The summed E-state index contributed by atoms with van der Waals surface area (Å²) in [6.07, 6.45) is 0.747. The molecule has 4 rings (SSSR count). The SMILES string of the molecule is CC(C)c1ccc(-c2noc(CCC(=O)NCc3ccc4c(c3)CNC4)n2)cc1.Cl. The zero-order valence-corrected chi connectivity index (χ0v) is 18.1. The zero-order chi connectivity index (χ0) is 20.2. The van der Waals surface area contributed by atoms with Gasteiger partial charge in [-0.25, -0.2) is 0 Å². The van der Waals surface area contributed by atoms with Gasteiger partial charge in [-0.05, 0) is 28.2 Å². The number of aryl methyl sites for hydroxylation is 1. The maximum absolute atomic E-state index is 12.2. The lowest BCUT2D eigenvalue weighted by atomic mass is 10.0. The fourth-order valence-corrected chi connectivity index (χ4v) is 3.46. The minimum atomic E-state index is -0.0235. The molecule has 0 bridgehead atoms. The van der Waals surface area contributed by atoms with Crippen LogP contribution < -0.4 is 10.6 Å². The Morgan fingerprint density at radius 2 is 1.90 bits per heavy atom. The van der Waals surface area contributed by atoms with Crippen LogP contribution in [0.3, 0.4) is 0 Å². The molecule has 1 aliphatic heterocycles. The molecule has 0 saturated carbocycles. The average molecular weight is 427 g/mol. The molecule has 2 heterocycles. The lowest BCUT2D eigenvalue weighted by Gasteiger charge is -2.06. The van der Waals surface area contributed by atoms with Crippen molar-refractivity contribution < 1.29 is 9.32 Å². The Kier molecular flexibility index (Phi) is 7.24. The Labute approximate surface area is 182 Å². The third kappa shape index (κ3) is 5.26. The van der Waals surface area contributed by atoms with E-state index in [1.54, 1.807) is 0 Å². The maximum Gasteiger partial charge on any atom is 0.227 e. The molecule has 7 heteroatoms. The molecule has 0 spiro atoms. The van der Waals surface area contributed by atoms with E-state index >= 15 is 0 Å². The number of nitrogens with zero attached hydrogens (tertiary/aromatic N) is 2. The predicted octanol–water partition coefficient (Wildman–Crippen LogP) is 4.13. The summed E-state index contributed by atoms with van der Waals surface area (Å²) >= 11 is 0. The summed E-state index contributed by atoms with van der Waals surface area (Å²) in [5, 5.41) is 10.3. The van der Waals surface area contributed by atoms with Gasteiger partial charge in [0.2, 0.25) is 17.6 Å². The normalized spacial score (nSPS) is 12.5. The fourth-order valence-electron chi connectivity index (χ4n) is 3.46. The second kappa shape index (κ2) is 9.87. The zero-order valence-electron chi connectivity index (χ0n) is 17.3. The quantitative estimate of drug-likeness (QED) is 0.593. The summed E-state index contributed by atoms with van der Waals surface area (Å²) in [6.45, 7) is 6.68. The van der Waals surface area contributed by atoms with Crippen molar-refractivity contribution in [3.63, 3.8) is 0 Å². The van der Waals surface area contributed by atoms with Crippen LogP contribution in [0.15, 0.2) is 47.0 Å². The largest absolute Gasteiger partial charge is 0.352 e. The van der Waals surface area contributed by atoms with Gasteiger partial charge in [0, 0.05) is 38.0 Å². The molecule has 0 fully saturated rings. The minimum Gasteiger partial charge on any atom is -0.352 e. The van der Waals surface area contributed by atoms with E-state index in [4.69, 9.17) is 4.52 Å². The van der Waals surface area contributed by atoms with Crippen LogP contribution in [0.2, 0.25) is 0 Å². The third-order valence-corrected chi connectivity index (χ3v) is 5.26. The summed E-state index contributed by atoms with van der Waals surface area (Å²) in [5.74, 6) is 1.50.